The van der Waals surface area contributed by atoms with Crippen LogP contribution in [0.25, 0.3) is 0 Å². The molecule has 2 N–H and O–H groups in total. The molecule has 2 heterocycles. The van der Waals surface area contributed by atoms with Crippen molar-refractivity contribution in [3.63, 3.8) is 0 Å². The maximum Gasteiger partial charge on any atom is 0.321 e. The normalized spacial score (nSPS) is 10.7. The van der Waals surface area contributed by atoms with Crippen molar-refractivity contribution in [3.8, 4) is 0 Å². The zero-order chi connectivity index (χ0) is 15.9. The second-order valence-corrected chi connectivity index (χ2v) is 5.61. The van der Waals surface area contributed by atoms with Gasteiger partial charge in [-0.15, -0.1) is 5.10 Å². The number of rotatable bonds is 6. The SMILES string of the molecule is CC(C)NC(=O)NC(=O)CSc1nnnn1Cc1ccco1. The van der Waals surface area contributed by atoms with Gasteiger partial charge in [0.15, 0.2) is 0 Å². The van der Waals surface area contributed by atoms with Crippen molar-refractivity contribution in [2.45, 2.75) is 31.6 Å². The number of imide groups is 1. The molecule has 0 aliphatic rings. The van der Waals surface area contributed by atoms with Crippen LogP contribution in [0.2, 0.25) is 0 Å². The van der Waals surface area contributed by atoms with E-state index in [9.17, 15) is 9.59 Å². The van der Waals surface area contributed by atoms with Crippen LogP contribution in [-0.2, 0) is 11.3 Å². The third kappa shape index (κ3) is 4.88. The Morgan fingerprint density at radius 3 is 2.95 bits per heavy atom. The maximum atomic E-state index is 11.7. The Morgan fingerprint density at radius 2 is 2.27 bits per heavy atom. The van der Waals surface area contributed by atoms with Gasteiger partial charge in [-0.25, -0.2) is 9.48 Å². The van der Waals surface area contributed by atoms with Gasteiger partial charge in [-0.05, 0) is 36.4 Å². The molecule has 2 aromatic heterocycles. The highest BCUT2D eigenvalue weighted by molar-refractivity contribution is 7.99. The minimum absolute atomic E-state index is 0.0318. The zero-order valence-corrected chi connectivity index (χ0v) is 13.0. The van der Waals surface area contributed by atoms with Crippen LogP contribution in [0.1, 0.15) is 19.6 Å². The molecule has 9 nitrogen and oxygen atoms in total. The molecule has 2 aromatic rings. The molecule has 0 atom stereocenters. The molecule has 22 heavy (non-hydrogen) atoms. The molecule has 0 aliphatic carbocycles. The van der Waals surface area contributed by atoms with Crippen molar-refractivity contribution in [2.24, 2.45) is 0 Å². The fourth-order valence-electron chi connectivity index (χ4n) is 1.54. The van der Waals surface area contributed by atoms with E-state index in [0.29, 0.717) is 17.5 Å². The Labute approximate surface area is 130 Å². The molecule has 0 saturated heterocycles. The second kappa shape index (κ2) is 7.59. The number of thioether (sulfide) groups is 1. The monoisotopic (exact) mass is 324 g/mol. The summed E-state index contributed by atoms with van der Waals surface area (Å²) >= 11 is 1.14. The molecular weight excluding hydrogens is 308 g/mol. The zero-order valence-electron chi connectivity index (χ0n) is 12.1. The predicted molar refractivity (Wildman–Crippen MR) is 78.2 cm³/mol. The number of furan rings is 1. The number of tetrazole rings is 1. The molecule has 3 amide bonds. The molecule has 2 rings (SSSR count). The van der Waals surface area contributed by atoms with Gasteiger partial charge in [-0.1, -0.05) is 11.8 Å². The van der Waals surface area contributed by atoms with Gasteiger partial charge in [0.2, 0.25) is 11.1 Å². The Bertz CT molecular complexity index is 625. The number of aromatic nitrogens is 4. The van der Waals surface area contributed by atoms with Gasteiger partial charge in [0.05, 0.1) is 12.0 Å². The first-order valence-electron chi connectivity index (χ1n) is 6.56. The number of hydrogen-bond acceptors (Lipinski definition) is 7. The lowest BCUT2D eigenvalue weighted by molar-refractivity contribution is -0.117. The molecular formula is C12H16N6O3S. The van der Waals surface area contributed by atoms with Crippen molar-refractivity contribution in [2.75, 3.05) is 5.75 Å². The first kappa shape index (κ1) is 16.0. The van der Waals surface area contributed by atoms with Crippen molar-refractivity contribution in [1.29, 1.82) is 0 Å². The minimum atomic E-state index is -0.518. The van der Waals surface area contributed by atoms with Crippen molar-refractivity contribution >= 4 is 23.7 Å². The van der Waals surface area contributed by atoms with Crippen LogP contribution in [0.5, 0.6) is 0 Å². The van der Waals surface area contributed by atoms with Gasteiger partial charge >= 0.3 is 6.03 Å². The number of nitrogens with zero attached hydrogens (tertiary/aromatic N) is 4. The number of carbonyl (C=O) groups is 2. The van der Waals surface area contributed by atoms with E-state index in [0.717, 1.165) is 11.8 Å². The van der Waals surface area contributed by atoms with Gasteiger partial charge in [0.1, 0.15) is 12.3 Å². The molecule has 0 unspecified atom stereocenters. The number of nitrogens with one attached hydrogen (secondary N) is 2. The van der Waals surface area contributed by atoms with Gasteiger partial charge in [0, 0.05) is 6.04 Å². The fraction of sp³-hybridized carbons (Fsp3) is 0.417. The standard InChI is InChI=1S/C12H16N6O3S/c1-8(2)13-11(20)14-10(19)7-22-12-15-16-17-18(12)6-9-4-3-5-21-9/h3-5,8H,6-7H2,1-2H3,(H2,13,14,19,20). The van der Waals surface area contributed by atoms with E-state index in [1.807, 2.05) is 13.8 Å². The first-order chi connectivity index (χ1) is 10.5. The van der Waals surface area contributed by atoms with Gasteiger partial charge in [-0.2, -0.15) is 0 Å². The first-order valence-corrected chi connectivity index (χ1v) is 7.55. The van der Waals surface area contributed by atoms with E-state index >= 15 is 0 Å². The molecule has 0 spiro atoms. The Balaban J connectivity index is 1.83. The van der Waals surface area contributed by atoms with E-state index in [1.165, 1.54) is 4.68 Å². The third-order valence-corrected chi connectivity index (χ3v) is 3.35. The summed E-state index contributed by atoms with van der Waals surface area (Å²) in [4.78, 5) is 23.1. The van der Waals surface area contributed by atoms with Crippen LogP contribution in [0.3, 0.4) is 0 Å². The van der Waals surface area contributed by atoms with Crippen LogP contribution >= 0.6 is 11.8 Å². The lowest BCUT2D eigenvalue weighted by Crippen LogP contribution is -2.43. The predicted octanol–water partition coefficient (Wildman–Crippen LogP) is 0.641. The summed E-state index contributed by atoms with van der Waals surface area (Å²) in [6, 6.07) is 3.02. The van der Waals surface area contributed by atoms with E-state index in [4.69, 9.17) is 4.42 Å². The molecule has 0 bridgehead atoms. The highest BCUT2D eigenvalue weighted by atomic mass is 32.2. The van der Waals surface area contributed by atoms with Crippen LogP contribution in [0.4, 0.5) is 4.79 Å². The Kier molecular flexibility index (Phi) is 5.53. The average Bonchev–Trinajstić information content (AvgIpc) is 3.07. The average molecular weight is 324 g/mol. The van der Waals surface area contributed by atoms with Crippen LogP contribution in [0.15, 0.2) is 28.0 Å². The molecule has 0 aliphatic heterocycles. The summed E-state index contributed by atoms with van der Waals surface area (Å²) in [5.41, 5.74) is 0. The van der Waals surface area contributed by atoms with Crippen molar-refractivity contribution in [3.05, 3.63) is 24.2 Å². The molecule has 0 radical (unpaired) electrons. The summed E-state index contributed by atoms with van der Waals surface area (Å²) < 4.78 is 6.74. The lowest BCUT2D eigenvalue weighted by Gasteiger charge is -2.08. The van der Waals surface area contributed by atoms with E-state index < -0.39 is 11.9 Å². The van der Waals surface area contributed by atoms with E-state index in [-0.39, 0.29) is 11.8 Å². The molecule has 10 heteroatoms. The van der Waals surface area contributed by atoms with Crippen LogP contribution in [-0.4, -0.2) is 43.9 Å². The van der Waals surface area contributed by atoms with Gasteiger partial charge in [0.25, 0.3) is 0 Å². The number of carbonyl (C=O) groups excluding carboxylic acids is 2. The minimum Gasteiger partial charge on any atom is -0.467 e. The number of amides is 3. The van der Waals surface area contributed by atoms with Crippen molar-refractivity contribution in [1.82, 2.24) is 30.8 Å². The quantitative estimate of drug-likeness (QED) is 0.749. The summed E-state index contributed by atoms with van der Waals surface area (Å²) in [7, 11) is 0. The molecule has 0 saturated carbocycles. The highest BCUT2D eigenvalue weighted by Gasteiger charge is 2.13. The van der Waals surface area contributed by atoms with Crippen LogP contribution < -0.4 is 10.6 Å². The summed E-state index contributed by atoms with van der Waals surface area (Å²) in [5.74, 6) is 0.315. The Morgan fingerprint density at radius 1 is 1.45 bits per heavy atom. The van der Waals surface area contributed by atoms with E-state index in [2.05, 4.69) is 26.2 Å². The maximum absolute atomic E-state index is 11.7. The molecule has 0 aromatic carbocycles. The smallest absolute Gasteiger partial charge is 0.321 e. The second-order valence-electron chi connectivity index (χ2n) is 4.66. The summed E-state index contributed by atoms with van der Waals surface area (Å²) in [5, 5.41) is 16.5. The molecule has 0 fully saturated rings. The topological polar surface area (TPSA) is 115 Å². The highest BCUT2D eigenvalue weighted by Crippen LogP contribution is 2.14. The van der Waals surface area contributed by atoms with Gasteiger partial charge in [-0.3, -0.25) is 10.1 Å². The number of urea groups is 1. The number of hydrogen-bond donors (Lipinski definition) is 2. The lowest BCUT2D eigenvalue weighted by atomic mass is 10.4. The van der Waals surface area contributed by atoms with Gasteiger partial charge < -0.3 is 9.73 Å². The third-order valence-electron chi connectivity index (χ3n) is 2.39. The van der Waals surface area contributed by atoms with Crippen LogP contribution in [0, 0.1) is 0 Å². The summed E-state index contributed by atoms with van der Waals surface area (Å²) in [6.07, 6.45) is 1.56. The van der Waals surface area contributed by atoms with Crippen molar-refractivity contribution < 1.29 is 14.0 Å². The fourth-order valence-corrected chi connectivity index (χ4v) is 2.22. The van der Waals surface area contributed by atoms with E-state index in [1.54, 1.807) is 18.4 Å². The molecule has 118 valence electrons. The largest absolute Gasteiger partial charge is 0.467 e. The summed E-state index contributed by atoms with van der Waals surface area (Å²) in [6.45, 7) is 3.99. The Hall–Kier alpha value is -2.36.